The Labute approximate surface area is 256 Å². The molecule has 1 rings (SSSR count). The Kier molecular flexibility index (Phi) is 11.3. The summed E-state index contributed by atoms with van der Waals surface area (Å²) in [5, 5.41) is 0. The SMILES string of the molecule is CC(C)Cc1c(C(Cl)(Cl)C(Cl)(Cl)Cl)cc(C(Cl)(Cl)C(Cl)(Cl)Cl)cc1C(Cl)(Cl)C(Cl)(Cl)Cl. The highest BCUT2D eigenvalue weighted by molar-refractivity contribution is 6.77. The summed E-state index contributed by atoms with van der Waals surface area (Å²) in [6.45, 7) is 3.77. The molecule has 0 aromatic heterocycles. The topological polar surface area (TPSA) is 0 Å². The summed E-state index contributed by atoms with van der Waals surface area (Å²) in [6, 6.07) is 2.63. The second-order valence-electron chi connectivity index (χ2n) is 6.86. The monoisotopic (exact) mass is 728 g/mol. The second-order valence-corrected chi connectivity index (χ2v) is 17.7. The van der Waals surface area contributed by atoms with Gasteiger partial charge in [-0.1, -0.05) is 188 Å². The van der Waals surface area contributed by atoms with Gasteiger partial charge in [-0.2, -0.15) is 0 Å². The van der Waals surface area contributed by atoms with Crippen molar-refractivity contribution in [2.45, 2.75) is 44.6 Å². The molecule has 0 nitrogen and oxygen atoms in total. The van der Waals surface area contributed by atoms with E-state index in [-0.39, 0.29) is 29.0 Å². The molecule has 31 heavy (non-hydrogen) atoms. The van der Waals surface area contributed by atoms with E-state index >= 15 is 0 Å². The lowest BCUT2D eigenvalue weighted by atomic mass is 9.87. The third-order valence-electron chi connectivity index (χ3n) is 3.97. The Morgan fingerprint density at radius 3 is 1.06 bits per heavy atom. The Hall–Kier alpha value is 3.57. The molecule has 0 heterocycles. The van der Waals surface area contributed by atoms with Crippen molar-refractivity contribution in [3.63, 3.8) is 0 Å². The number of rotatable bonds is 5. The Morgan fingerprint density at radius 2 is 0.839 bits per heavy atom. The van der Waals surface area contributed by atoms with E-state index in [4.69, 9.17) is 174 Å². The first kappa shape index (κ1) is 32.6. The summed E-state index contributed by atoms with van der Waals surface area (Å²) in [7, 11) is 0. The first-order chi connectivity index (χ1) is 13.4. The van der Waals surface area contributed by atoms with Crippen LogP contribution in [0.4, 0.5) is 0 Å². The van der Waals surface area contributed by atoms with Gasteiger partial charge >= 0.3 is 0 Å². The molecule has 0 fully saturated rings. The molecule has 0 radical (unpaired) electrons. The van der Waals surface area contributed by atoms with Gasteiger partial charge in [0.25, 0.3) is 0 Å². The predicted molar refractivity (Wildman–Crippen MR) is 146 cm³/mol. The van der Waals surface area contributed by atoms with Crippen LogP contribution in [0.5, 0.6) is 0 Å². The van der Waals surface area contributed by atoms with Crippen LogP contribution in [0.3, 0.4) is 0 Å². The zero-order valence-electron chi connectivity index (χ0n) is 15.1. The molecule has 0 amide bonds. The Bertz CT molecular complexity index is 746. The van der Waals surface area contributed by atoms with Gasteiger partial charge in [0.15, 0.2) is 13.0 Å². The highest BCUT2D eigenvalue weighted by atomic mass is 35.6. The summed E-state index contributed by atoms with van der Waals surface area (Å²) in [4.78, 5) is 0. The standard InChI is InChI=1S/C16H11Cl15/c1-6(2)3-8-9(12(19,20)15(26,27)28)4-7(11(17,18)14(23,24)25)5-10(8)13(21,22)16(29,30)31/h4-6H,3H2,1-2H3. The maximum Gasteiger partial charge on any atom is 0.227 e. The first-order valence-electron chi connectivity index (χ1n) is 7.91. The highest BCUT2D eigenvalue weighted by Gasteiger charge is 2.55. The van der Waals surface area contributed by atoms with E-state index in [0.29, 0.717) is 5.56 Å². The van der Waals surface area contributed by atoms with Crippen LogP contribution in [0.2, 0.25) is 0 Å². The van der Waals surface area contributed by atoms with E-state index in [2.05, 4.69) is 0 Å². The van der Waals surface area contributed by atoms with Crippen molar-refractivity contribution in [2.75, 3.05) is 0 Å². The van der Waals surface area contributed by atoms with Crippen LogP contribution in [0.25, 0.3) is 0 Å². The number of hydrogen-bond donors (Lipinski definition) is 0. The number of halogens is 15. The number of benzene rings is 1. The fourth-order valence-corrected chi connectivity index (χ4v) is 4.34. The van der Waals surface area contributed by atoms with Gasteiger partial charge in [0, 0.05) is 0 Å². The van der Waals surface area contributed by atoms with Crippen molar-refractivity contribution < 1.29 is 0 Å². The fourth-order valence-electron chi connectivity index (χ4n) is 2.51. The summed E-state index contributed by atoms with van der Waals surface area (Å²) >= 11 is 93.0. The second kappa shape index (κ2) is 10.7. The summed E-state index contributed by atoms with van der Waals surface area (Å²) < 4.78 is -13.3. The van der Waals surface area contributed by atoms with Gasteiger partial charge in [0.1, 0.15) is 0 Å². The predicted octanol–water partition coefficient (Wildman–Crippen LogP) is 11.9. The van der Waals surface area contributed by atoms with Crippen molar-refractivity contribution >= 4 is 174 Å². The van der Waals surface area contributed by atoms with E-state index < -0.39 is 24.4 Å². The fraction of sp³-hybridized carbons (Fsp3) is 0.625. The minimum absolute atomic E-state index is 0.00713. The van der Waals surface area contributed by atoms with Gasteiger partial charge in [0.2, 0.25) is 11.4 Å². The summed E-state index contributed by atoms with van der Waals surface area (Å²) in [5.41, 5.74) is 0.279. The largest absolute Gasteiger partial charge is 0.227 e. The van der Waals surface area contributed by atoms with Gasteiger partial charge in [-0.15, -0.1) is 0 Å². The molecule has 0 aliphatic carbocycles. The molecule has 0 saturated heterocycles. The van der Waals surface area contributed by atoms with Crippen LogP contribution < -0.4 is 0 Å². The molecular weight excluding hydrogens is 724 g/mol. The van der Waals surface area contributed by atoms with E-state index in [0.717, 1.165) is 0 Å². The third-order valence-corrected chi connectivity index (χ3v) is 11.2. The molecule has 180 valence electrons. The van der Waals surface area contributed by atoms with E-state index in [1.165, 1.54) is 12.1 Å². The number of hydrogen-bond acceptors (Lipinski definition) is 0. The lowest BCUT2D eigenvalue weighted by molar-refractivity contribution is 0.628. The summed E-state index contributed by atoms with van der Waals surface area (Å²) in [6.07, 6.45) is 0.264. The molecular formula is C16H11Cl15. The molecule has 0 aliphatic heterocycles. The zero-order valence-corrected chi connectivity index (χ0v) is 26.4. The van der Waals surface area contributed by atoms with Crippen molar-refractivity contribution in [3.8, 4) is 0 Å². The van der Waals surface area contributed by atoms with Crippen molar-refractivity contribution in [3.05, 3.63) is 34.4 Å². The average molecular weight is 735 g/mol. The normalized spacial score (nSPS) is 15.0. The number of alkyl halides is 15. The van der Waals surface area contributed by atoms with Gasteiger partial charge in [-0.05, 0) is 46.7 Å². The lowest BCUT2D eigenvalue weighted by Crippen LogP contribution is -2.36. The van der Waals surface area contributed by atoms with E-state index in [1.54, 1.807) is 0 Å². The molecule has 0 spiro atoms. The smallest absolute Gasteiger partial charge is 0.0915 e. The molecule has 1 aromatic rings. The average Bonchev–Trinajstić information content (AvgIpc) is 2.50. The maximum atomic E-state index is 6.50. The van der Waals surface area contributed by atoms with Gasteiger partial charge < -0.3 is 0 Å². The van der Waals surface area contributed by atoms with Gasteiger partial charge in [-0.25, -0.2) is 0 Å². The van der Waals surface area contributed by atoms with Gasteiger partial charge in [-0.3, -0.25) is 0 Å². The first-order valence-corrected chi connectivity index (χ1v) is 13.6. The zero-order chi connectivity index (χ0) is 25.0. The molecule has 0 atom stereocenters. The Balaban J connectivity index is 4.25. The quantitative estimate of drug-likeness (QED) is 0.264. The highest BCUT2D eigenvalue weighted by Crippen LogP contribution is 2.61. The lowest BCUT2D eigenvalue weighted by Gasteiger charge is -2.37. The van der Waals surface area contributed by atoms with E-state index in [1.807, 2.05) is 13.8 Å². The molecule has 0 saturated carbocycles. The maximum absolute atomic E-state index is 6.50. The van der Waals surface area contributed by atoms with Crippen LogP contribution in [-0.4, -0.2) is 11.4 Å². The minimum atomic E-state index is -2.25. The van der Waals surface area contributed by atoms with Crippen LogP contribution in [0, 0.1) is 5.92 Å². The Morgan fingerprint density at radius 1 is 0.548 bits per heavy atom. The molecule has 0 unspecified atom stereocenters. The van der Waals surface area contributed by atoms with Crippen LogP contribution in [-0.2, 0) is 19.4 Å². The van der Waals surface area contributed by atoms with Gasteiger partial charge in [0.05, 0.1) is 0 Å². The van der Waals surface area contributed by atoms with Crippen molar-refractivity contribution in [1.29, 1.82) is 0 Å². The van der Waals surface area contributed by atoms with E-state index in [9.17, 15) is 0 Å². The third kappa shape index (κ3) is 7.12. The van der Waals surface area contributed by atoms with Crippen LogP contribution in [0.1, 0.15) is 36.1 Å². The van der Waals surface area contributed by atoms with Crippen LogP contribution >= 0.6 is 174 Å². The van der Waals surface area contributed by atoms with Crippen molar-refractivity contribution in [1.82, 2.24) is 0 Å². The molecule has 0 bridgehead atoms. The van der Waals surface area contributed by atoms with Crippen LogP contribution in [0.15, 0.2) is 12.1 Å². The molecule has 0 aliphatic rings. The molecule has 15 heteroatoms. The summed E-state index contributed by atoms with van der Waals surface area (Å²) in [5.74, 6) is -0.00713. The van der Waals surface area contributed by atoms with Crippen molar-refractivity contribution in [2.24, 2.45) is 5.92 Å². The minimum Gasteiger partial charge on any atom is -0.0915 e. The molecule has 0 N–H and O–H groups in total. The molecule has 1 aromatic carbocycles.